The van der Waals surface area contributed by atoms with Crippen molar-refractivity contribution < 1.29 is 40.9 Å². The normalized spacial score (nSPS) is 17.7. The molecule has 2 unspecified atom stereocenters. The number of morpholine rings is 1. The number of hydrogen-bond acceptors (Lipinski definition) is 11. The van der Waals surface area contributed by atoms with Gasteiger partial charge in [0.05, 0.1) is 13.2 Å². The molecule has 0 spiro atoms. The fourth-order valence-corrected chi connectivity index (χ4v) is 10.8. The minimum Gasteiger partial charge on any atom is -0.378 e. The Bertz CT molecular complexity index is 730. The van der Waals surface area contributed by atoms with Crippen molar-refractivity contribution in [1.82, 2.24) is 9.80 Å². The summed E-state index contributed by atoms with van der Waals surface area (Å²) >= 11 is 3.69. The maximum atomic E-state index is 12.3. The fraction of sp³-hybridized carbons (Fsp3) is 0.926. The summed E-state index contributed by atoms with van der Waals surface area (Å²) in [6.07, 6.45) is 3.70. The van der Waals surface area contributed by atoms with Crippen LogP contribution in [0.25, 0.3) is 0 Å². The van der Waals surface area contributed by atoms with Gasteiger partial charge in [-0.2, -0.15) is 23.5 Å². The molecule has 0 saturated carbocycles. The van der Waals surface area contributed by atoms with Crippen molar-refractivity contribution in [1.29, 1.82) is 0 Å². The van der Waals surface area contributed by atoms with Gasteiger partial charge in [0.15, 0.2) is 0 Å². The van der Waals surface area contributed by atoms with Crippen LogP contribution in [0.4, 0.5) is 0 Å². The van der Waals surface area contributed by atoms with Gasteiger partial charge in [0, 0.05) is 104 Å². The minimum absolute atomic E-state index is 0.0531. The first-order chi connectivity index (χ1) is 20.2. The van der Waals surface area contributed by atoms with E-state index >= 15 is 0 Å². The number of rotatable bonds is 20. The number of hydrogen-bond donors (Lipinski definition) is 0. The highest BCUT2D eigenvalue weighted by Crippen LogP contribution is 2.21. The molecule has 0 N–H and O–H groups in total. The van der Waals surface area contributed by atoms with Crippen LogP contribution in [0, 0.1) is 5.92 Å². The van der Waals surface area contributed by atoms with Crippen LogP contribution in [0.1, 0.15) is 39.5 Å². The third-order valence-electron chi connectivity index (χ3n) is 7.52. The Balaban J connectivity index is 0.000000422. The first-order valence-electron chi connectivity index (χ1n) is 14.8. The summed E-state index contributed by atoms with van der Waals surface area (Å²) in [6.45, 7) is 7.81. The number of carbonyl (C=O) groups is 2. The van der Waals surface area contributed by atoms with Gasteiger partial charge in [0.25, 0.3) is 0 Å². The lowest BCUT2D eigenvalue weighted by molar-refractivity contribution is -0.138. The third kappa shape index (κ3) is 13.8. The Morgan fingerprint density at radius 3 is 1.71 bits per heavy atom. The number of ether oxygens (including phenoxy) is 1. The van der Waals surface area contributed by atoms with Crippen LogP contribution in [0.3, 0.4) is 0 Å². The largest absolute Gasteiger partial charge is 0.500 e. The zero-order valence-corrected chi connectivity index (χ0v) is 30.8. The summed E-state index contributed by atoms with van der Waals surface area (Å²) < 4.78 is 37.6. The first kappa shape index (κ1) is 39.8. The maximum Gasteiger partial charge on any atom is 0.500 e. The van der Waals surface area contributed by atoms with Gasteiger partial charge in [0.2, 0.25) is 11.8 Å². The van der Waals surface area contributed by atoms with E-state index in [0.29, 0.717) is 25.2 Å². The molecule has 0 aromatic heterocycles. The molecule has 0 aliphatic carbocycles. The molecule has 0 radical (unpaired) electrons. The number of carbonyl (C=O) groups excluding carboxylic acids is 2. The van der Waals surface area contributed by atoms with E-state index in [0.717, 1.165) is 80.4 Å². The van der Waals surface area contributed by atoms with Crippen LogP contribution in [0.2, 0.25) is 12.1 Å². The van der Waals surface area contributed by atoms with Gasteiger partial charge in [-0.1, -0.05) is 6.92 Å². The van der Waals surface area contributed by atoms with Crippen molar-refractivity contribution in [3.8, 4) is 0 Å². The van der Waals surface area contributed by atoms with Crippen LogP contribution in [0.15, 0.2) is 0 Å². The van der Waals surface area contributed by atoms with Gasteiger partial charge in [0.1, 0.15) is 0 Å². The molecule has 2 atom stereocenters. The Kier molecular flexibility index (Phi) is 21.2. The molecular weight excluding hydrogens is 617 g/mol. The second-order valence-corrected chi connectivity index (χ2v) is 18.8. The molecule has 2 heterocycles. The monoisotopic (exact) mass is 672 g/mol. The highest BCUT2D eigenvalue weighted by atomic mass is 32.2. The molecule has 42 heavy (non-hydrogen) atoms. The lowest BCUT2D eigenvalue weighted by atomic mass is 10.2. The topological polar surface area (TPSA) is 105 Å². The highest BCUT2D eigenvalue weighted by Gasteiger charge is 2.37. The second-order valence-electron chi connectivity index (χ2n) is 10.3. The van der Waals surface area contributed by atoms with Gasteiger partial charge in [-0.3, -0.25) is 9.59 Å². The summed E-state index contributed by atoms with van der Waals surface area (Å²) in [5, 5.41) is 0. The SMILES string of the molecule is CO[Si](CCCSCC(C)C(=O)N1CCOCC1)(OC)OC.CO[Si](CCCSCC(C)N1CCCC1=O)(OC)OC. The lowest BCUT2D eigenvalue weighted by Crippen LogP contribution is -2.43. The van der Waals surface area contributed by atoms with E-state index in [1.165, 1.54) is 0 Å². The molecule has 0 aromatic rings. The Hall–Kier alpha value is -0.206. The van der Waals surface area contributed by atoms with Gasteiger partial charge in [-0.15, -0.1) is 0 Å². The quantitative estimate of drug-likeness (QED) is 0.140. The molecule has 2 saturated heterocycles. The summed E-state index contributed by atoms with van der Waals surface area (Å²) in [7, 11) is 4.99. The summed E-state index contributed by atoms with van der Waals surface area (Å²) in [5.74, 6) is 4.46. The van der Waals surface area contributed by atoms with E-state index in [-0.39, 0.29) is 11.8 Å². The van der Waals surface area contributed by atoms with E-state index in [1.807, 2.05) is 28.5 Å². The molecule has 15 heteroatoms. The molecule has 248 valence electrons. The first-order valence-corrected chi connectivity index (χ1v) is 21.0. The summed E-state index contributed by atoms with van der Waals surface area (Å²) in [4.78, 5) is 27.8. The van der Waals surface area contributed by atoms with Gasteiger partial charge in [-0.05, 0) is 37.7 Å². The second kappa shape index (κ2) is 22.3. The average Bonchev–Trinajstić information content (AvgIpc) is 3.47. The molecule has 0 bridgehead atoms. The maximum absolute atomic E-state index is 12.3. The van der Waals surface area contributed by atoms with E-state index in [4.69, 9.17) is 31.3 Å². The van der Waals surface area contributed by atoms with Crippen molar-refractivity contribution in [2.75, 3.05) is 98.5 Å². The van der Waals surface area contributed by atoms with Crippen LogP contribution >= 0.6 is 23.5 Å². The standard InChI is InChI=1S/C14H29NO5SSi.C13H27NO4SSi/c1-13(14(16)15-6-8-20-9-7-15)12-21-10-5-11-22(17-2,18-3)19-4;1-12(14-8-5-7-13(14)15)11-19-9-6-10-20(16-2,17-3)18-4/h13H,5-12H2,1-4H3;12H,5-11H2,1-4H3. The van der Waals surface area contributed by atoms with Crippen LogP contribution in [-0.4, -0.2) is 144 Å². The lowest BCUT2D eigenvalue weighted by Gasteiger charge is -2.29. The highest BCUT2D eigenvalue weighted by molar-refractivity contribution is 7.99. The number of amides is 2. The summed E-state index contributed by atoms with van der Waals surface area (Å²) in [5.41, 5.74) is 0. The molecule has 2 rings (SSSR count). The van der Waals surface area contributed by atoms with E-state index in [9.17, 15) is 9.59 Å². The third-order valence-corrected chi connectivity index (χ3v) is 15.8. The predicted octanol–water partition coefficient (Wildman–Crippen LogP) is 3.48. The van der Waals surface area contributed by atoms with Crippen molar-refractivity contribution >= 4 is 52.9 Å². The molecule has 0 aromatic carbocycles. The fourth-order valence-electron chi connectivity index (χ4n) is 4.80. The van der Waals surface area contributed by atoms with Crippen molar-refractivity contribution in [2.45, 2.75) is 57.7 Å². The van der Waals surface area contributed by atoms with Crippen molar-refractivity contribution in [2.24, 2.45) is 5.92 Å². The average molecular weight is 673 g/mol. The number of nitrogens with zero attached hydrogens (tertiary/aromatic N) is 2. The van der Waals surface area contributed by atoms with Crippen LogP contribution < -0.4 is 0 Å². The van der Waals surface area contributed by atoms with Crippen LogP contribution in [-0.2, 0) is 40.9 Å². The molecule has 2 aliphatic heterocycles. The summed E-state index contributed by atoms with van der Waals surface area (Å²) in [6, 6.07) is 1.97. The molecule has 11 nitrogen and oxygen atoms in total. The van der Waals surface area contributed by atoms with Gasteiger partial charge in [-0.25, -0.2) is 0 Å². The predicted molar refractivity (Wildman–Crippen MR) is 174 cm³/mol. The molecule has 2 aliphatic rings. The minimum atomic E-state index is -2.45. The van der Waals surface area contributed by atoms with Crippen molar-refractivity contribution in [3.63, 3.8) is 0 Å². The van der Waals surface area contributed by atoms with Crippen LogP contribution in [0.5, 0.6) is 0 Å². The Morgan fingerprint density at radius 1 is 0.810 bits per heavy atom. The smallest absolute Gasteiger partial charge is 0.378 e. The molecular formula is C27H56N2O9S2Si2. The van der Waals surface area contributed by atoms with Gasteiger partial charge < -0.3 is 41.1 Å². The van der Waals surface area contributed by atoms with E-state index in [2.05, 4.69) is 6.92 Å². The molecule has 2 amide bonds. The molecule has 2 fully saturated rings. The number of likely N-dealkylation sites (tertiary alicyclic amines) is 1. The Labute approximate surface area is 265 Å². The van der Waals surface area contributed by atoms with E-state index in [1.54, 1.807) is 54.4 Å². The number of thioether (sulfide) groups is 2. The zero-order chi connectivity index (χ0) is 31.4. The van der Waals surface area contributed by atoms with Crippen molar-refractivity contribution in [3.05, 3.63) is 0 Å². The Morgan fingerprint density at radius 2 is 1.29 bits per heavy atom. The van der Waals surface area contributed by atoms with Gasteiger partial charge >= 0.3 is 17.6 Å². The zero-order valence-electron chi connectivity index (χ0n) is 27.1. The van der Waals surface area contributed by atoms with E-state index < -0.39 is 17.6 Å².